The molecule has 0 N–H and O–H groups in total. The Kier molecular flexibility index (Phi) is 6.39. The predicted molar refractivity (Wildman–Crippen MR) is 78.0 cm³/mol. The Labute approximate surface area is 119 Å². The molecule has 0 aromatic heterocycles. The molecule has 0 amide bonds. The van der Waals surface area contributed by atoms with E-state index in [0.717, 1.165) is 0 Å². The summed E-state index contributed by atoms with van der Waals surface area (Å²) in [7, 11) is -0.428. The molecule has 0 fully saturated rings. The van der Waals surface area contributed by atoms with E-state index in [2.05, 4.69) is 71.9 Å². The van der Waals surface area contributed by atoms with Gasteiger partial charge >= 0.3 is 0 Å². The maximum absolute atomic E-state index is 2.40. The minimum atomic E-state index is -0.428. The number of hydrogen-bond donors (Lipinski definition) is 0. The molecular formula is C15H26BrP. The Morgan fingerprint density at radius 1 is 0.824 bits per heavy atom. The van der Waals surface area contributed by atoms with Gasteiger partial charge in [-0.1, -0.05) is 30.3 Å². The fraction of sp³-hybridized carbons (Fsp3) is 0.600. The Balaban J connectivity index is 0.00000256. The first kappa shape index (κ1) is 17.1. The maximum atomic E-state index is 2.40. The molecule has 1 aromatic rings. The second kappa shape index (κ2) is 6.34. The smallest absolute Gasteiger partial charge is 0.0830 e. The normalized spacial score (nSPS) is 12.4. The summed E-state index contributed by atoms with van der Waals surface area (Å²) in [6.45, 7) is 14.4. The Morgan fingerprint density at radius 3 is 1.59 bits per heavy atom. The van der Waals surface area contributed by atoms with Crippen molar-refractivity contribution in [3.63, 3.8) is 0 Å². The van der Waals surface area contributed by atoms with Crippen LogP contribution in [0.15, 0.2) is 30.3 Å². The van der Waals surface area contributed by atoms with Gasteiger partial charge in [0.25, 0.3) is 0 Å². The van der Waals surface area contributed by atoms with Gasteiger partial charge in [-0.25, -0.2) is 0 Å². The van der Waals surface area contributed by atoms with E-state index in [4.69, 9.17) is 0 Å². The fourth-order valence-electron chi connectivity index (χ4n) is 2.46. The minimum Gasteiger partial charge on any atom is -1.00 e. The summed E-state index contributed by atoms with van der Waals surface area (Å²) >= 11 is 0. The lowest BCUT2D eigenvalue weighted by Gasteiger charge is -2.34. The molecule has 0 aliphatic rings. The standard InChI is InChI=1S/C15H25P.BrH/c1-14(2,3)16(15(4,5)6)12-13-10-8-7-9-11-13;/h7-11H,12H2,1-6H3;1H. The van der Waals surface area contributed by atoms with Crippen LogP contribution >= 0.6 is 7.92 Å². The molecular weight excluding hydrogens is 291 g/mol. The van der Waals surface area contributed by atoms with E-state index < -0.39 is 7.92 Å². The summed E-state index contributed by atoms with van der Waals surface area (Å²) in [5.41, 5.74) is 1.50. The van der Waals surface area contributed by atoms with E-state index in [0.29, 0.717) is 10.3 Å². The molecule has 0 nitrogen and oxygen atoms in total. The van der Waals surface area contributed by atoms with Crippen molar-refractivity contribution >= 4 is 7.92 Å². The first-order valence-electron chi connectivity index (χ1n) is 6.12. The lowest BCUT2D eigenvalue weighted by atomic mass is 10.2. The molecule has 0 saturated heterocycles. The Bertz CT molecular complexity index is 305. The van der Waals surface area contributed by atoms with Crippen molar-refractivity contribution in [1.29, 1.82) is 0 Å². The van der Waals surface area contributed by atoms with Crippen LogP contribution in [0.2, 0.25) is 0 Å². The average Bonchev–Trinajstić information content (AvgIpc) is 2.12. The summed E-state index contributed by atoms with van der Waals surface area (Å²) in [4.78, 5) is 0. The lowest BCUT2D eigenvalue weighted by Crippen LogP contribution is -3.00. The first-order valence-corrected chi connectivity index (χ1v) is 7.82. The summed E-state index contributed by atoms with van der Waals surface area (Å²) in [5, 5.41) is 0.914. The van der Waals surface area contributed by atoms with Crippen molar-refractivity contribution < 1.29 is 17.0 Å². The van der Waals surface area contributed by atoms with Crippen molar-refractivity contribution in [2.75, 3.05) is 0 Å². The number of halogens is 1. The summed E-state index contributed by atoms with van der Waals surface area (Å²) < 4.78 is 0. The van der Waals surface area contributed by atoms with Crippen molar-refractivity contribution in [1.82, 2.24) is 0 Å². The third kappa shape index (κ3) is 5.53. The van der Waals surface area contributed by atoms with Crippen LogP contribution in [0.4, 0.5) is 0 Å². The van der Waals surface area contributed by atoms with Crippen LogP contribution in [0.5, 0.6) is 0 Å². The summed E-state index contributed by atoms with van der Waals surface area (Å²) in [6, 6.07) is 10.9. The SMILES string of the molecule is CC(C)(C)[PH+](Cc1ccccc1)C(C)(C)C.[Br-]. The average molecular weight is 317 g/mol. The highest BCUT2D eigenvalue weighted by atomic mass is 79.9. The monoisotopic (exact) mass is 316 g/mol. The topological polar surface area (TPSA) is 0 Å². The van der Waals surface area contributed by atoms with Gasteiger partial charge in [0.15, 0.2) is 0 Å². The molecule has 0 unspecified atom stereocenters. The second-order valence-corrected chi connectivity index (χ2v) is 11.0. The molecule has 2 heteroatoms. The molecule has 98 valence electrons. The third-order valence-electron chi connectivity index (χ3n) is 3.03. The molecule has 0 saturated carbocycles. The zero-order chi connectivity index (χ0) is 12.4. The summed E-state index contributed by atoms with van der Waals surface area (Å²) in [5.74, 6) is 0. The molecule has 0 atom stereocenters. The highest BCUT2D eigenvalue weighted by Crippen LogP contribution is 2.61. The molecule has 0 radical (unpaired) electrons. The van der Waals surface area contributed by atoms with E-state index in [-0.39, 0.29) is 17.0 Å². The minimum absolute atomic E-state index is 0. The van der Waals surface area contributed by atoms with E-state index in [1.54, 1.807) is 0 Å². The van der Waals surface area contributed by atoms with Crippen molar-refractivity contribution in [2.45, 2.75) is 58.0 Å². The van der Waals surface area contributed by atoms with Crippen LogP contribution < -0.4 is 17.0 Å². The first-order chi connectivity index (χ1) is 7.21. The second-order valence-electron chi connectivity index (χ2n) is 6.64. The number of benzene rings is 1. The van der Waals surface area contributed by atoms with Crippen molar-refractivity contribution in [3.8, 4) is 0 Å². The van der Waals surface area contributed by atoms with Crippen LogP contribution in [-0.4, -0.2) is 10.3 Å². The van der Waals surface area contributed by atoms with Crippen molar-refractivity contribution in [2.24, 2.45) is 0 Å². The summed E-state index contributed by atoms with van der Waals surface area (Å²) in [6.07, 6.45) is 1.28. The van der Waals surface area contributed by atoms with Gasteiger partial charge in [0, 0.05) is 7.92 Å². The zero-order valence-corrected chi connectivity index (χ0v) is 14.6. The van der Waals surface area contributed by atoms with Crippen molar-refractivity contribution in [3.05, 3.63) is 35.9 Å². The molecule has 0 heterocycles. The van der Waals surface area contributed by atoms with E-state index in [9.17, 15) is 0 Å². The highest BCUT2D eigenvalue weighted by molar-refractivity contribution is 7.60. The van der Waals surface area contributed by atoms with Crippen LogP contribution in [0.1, 0.15) is 47.1 Å². The number of hydrogen-bond acceptors (Lipinski definition) is 0. The van der Waals surface area contributed by atoms with Gasteiger partial charge in [-0.05, 0) is 47.1 Å². The van der Waals surface area contributed by atoms with E-state index >= 15 is 0 Å². The van der Waals surface area contributed by atoms with Gasteiger partial charge in [0.2, 0.25) is 0 Å². The predicted octanol–water partition coefficient (Wildman–Crippen LogP) is 2.00. The fourth-order valence-corrected chi connectivity index (χ4v) is 6.41. The molecule has 0 bridgehead atoms. The van der Waals surface area contributed by atoms with Gasteiger partial charge in [0.05, 0.1) is 16.5 Å². The Hall–Kier alpha value is 0.130. The van der Waals surface area contributed by atoms with Crippen LogP contribution in [0.25, 0.3) is 0 Å². The molecule has 17 heavy (non-hydrogen) atoms. The van der Waals surface area contributed by atoms with Gasteiger partial charge < -0.3 is 17.0 Å². The molecule has 0 spiro atoms. The maximum Gasteiger partial charge on any atom is 0.0830 e. The zero-order valence-electron chi connectivity index (χ0n) is 12.0. The third-order valence-corrected chi connectivity index (χ3v) is 7.42. The Morgan fingerprint density at radius 2 is 1.24 bits per heavy atom. The van der Waals surface area contributed by atoms with Gasteiger partial charge in [-0.2, -0.15) is 0 Å². The molecule has 1 rings (SSSR count). The van der Waals surface area contributed by atoms with Crippen LogP contribution in [0, 0.1) is 0 Å². The lowest BCUT2D eigenvalue weighted by molar-refractivity contribution is -0.00000409. The molecule has 0 aliphatic heterocycles. The molecule has 1 aromatic carbocycles. The van der Waals surface area contributed by atoms with Gasteiger partial charge in [0.1, 0.15) is 0 Å². The van der Waals surface area contributed by atoms with Gasteiger partial charge in [-0.3, -0.25) is 0 Å². The van der Waals surface area contributed by atoms with Crippen LogP contribution in [0.3, 0.4) is 0 Å². The largest absolute Gasteiger partial charge is 1.00 e. The van der Waals surface area contributed by atoms with E-state index in [1.165, 1.54) is 11.7 Å². The van der Waals surface area contributed by atoms with E-state index in [1.807, 2.05) is 0 Å². The number of rotatable bonds is 2. The van der Waals surface area contributed by atoms with Gasteiger partial charge in [-0.15, -0.1) is 0 Å². The highest BCUT2D eigenvalue weighted by Gasteiger charge is 2.41. The van der Waals surface area contributed by atoms with Crippen LogP contribution in [-0.2, 0) is 6.16 Å². The quantitative estimate of drug-likeness (QED) is 0.732. The molecule has 0 aliphatic carbocycles.